The average molecular weight is 376 g/mol. The maximum atomic E-state index is 5.41. The lowest BCUT2D eigenvalue weighted by Gasteiger charge is -2.14. The molecule has 1 aromatic carbocycles. The molecule has 0 aliphatic carbocycles. The van der Waals surface area contributed by atoms with Crippen LogP contribution in [-0.2, 0) is 6.42 Å². The molecule has 1 heterocycles. The molecule has 1 nitrogen and oxygen atoms in total. The molecule has 2 rings (SSSR count). The number of hydrogen-bond acceptors (Lipinski definition) is 2. The van der Waals surface area contributed by atoms with Crippen LogP contribution in [0.2, 0.25) is 0 Å². The molecule has 17 heavy (non-hydrogen) atoms. The summed E-state index contributed by atoms with van der Waals surface area (Å²) in [6, 6.07) is 10.4. The molecule has 0 amide bonds. The molecule has 1 atom stereocenters. The second-order valence-corrected chi connectivity index (χ2v) is 6.69. The number of thiophene rings is 1. The Bertz CT molecular complexity index is 482. The zero-order valence-electron chi connectivity index (χ0n) is 9.32. The molecule has 90 valence electrons. The van der Waals surface area contributed by atoms with Crippen LogP contribution < -0.4 is 4.74 Å². The highest BCUT2D eigenvalue weighted by Gasteiger charge is 2.14. The molecule has 1 unspecified atom stereocenters. The molecule has 0 radical (unpaired) electrons. The van der Waals surface area contributed by atoms with Crippen molar-refractivity contribution in [1.82, 2.24) is 0 Å². The maximum absolute atomic E-state index is 5.41. The minimum Gasteiger partial charge on any atom is -0.496 e. The van der Waals surface area contributed by atoms with E-state index >= 15 is 0 Å². The van der Waals surface area contributed by atoms with Crippen molar-refractivity contribution in [1.29, 1.82) is 0 Å². The molecule has 0 N–H and O–H groups in total. The van der Waals surface area contributed by atoms with E-state index in [0.717, 1.165) is 16.6 Å². The number of hydrogen-bond donors (Lipinski definition) is 0. The molecule has 0 aliphatic rings. The summed E-state index contributed by atoms with van der Waals surface area (Å²) >= 11 is 8.97. The first-order chi connectivity index (χ1) is 8.20. The zero-order chi connectivity index (χ0) is 12.3. The lowest BCUT2D eigenvalue weighted by atomic mass is 10.1. The smallest absolute Gasteiger partial charge is 0.124 e. The van der Waals surface area contributed by atoms with E-state index < -0.39 is 0 Å². The number of rotatable bonds is 4. The van der Waals surface area contributed by atoms with Crippen molar-refractivity contribution >= 4 is 43.2 Å². The van der Waals surface area contributed by atoms with Gasteiger partial charge in [0.15, 0.2) is 0 Å². The summed E-state index contributed by atoms with van der Waals surface area (Å²) in [7, 11) is 1.70. The molecule has 1 aromatic heterocycles. The fourth-order valence-corrected chi connectivity index (χ4v) is 3.69. The van der Waals surface area contributed by atoms with Crippen LogP contribution >= 0.6 is 43.2 Å². The summed E-state index contributed by atoms with van der Waals surface area (Å²) in [6.07, 6.45) is 0.982. The quantitative estimate of drug-likeness (QED) is 0.667. The van der Waals surface area contributed by atoms with Gasteiger partial charge in [0.05, 0.1) is 7.11 Å². The van der Waals surface area contributed by atoms with Gasteiger partial charge in [0, 0.05) is 19.7 Å². The van der Waals surface area contributed by atoms with Crippen LogP contribution in [0.5, 0.6) is 5.75 Å². The van der Waals surface area contributed by atoms with E-state index in [2.05, 4.69) is 55.4 Å². The third-order valence-electron chi connectivity index (χ3n) is 2.49. The van der Waals surface area contributed by atoms with Crippen LogP contribution in [0, 0.1) is 0 Å². The Morgan fingerprint density at radius 2 is 2.18 bits per heavy atom. The second kappa shape index (κ2) is 6.03. The fourth-order valence-electron chi connectivity index (χ4n) is 1.66. The molecule has 0 saturated heterocycles. The molecule has 0 spiro atoms. The molecule has 2 aromatic rings. The number of methoxy groups -OCH3 is 1. The normalized spacial score (nSPS) is 12.4. The summed E-state index contributed by atoms with van der Waals surface area (Å²) in [4.78, 5) is 1.65. The molecule has 4 heteroatoms. The first-order valence-electron chi connectivity index (χ1n) is 5.20. The third kappa shape index (κ3) is 3.33. The van der Waals surface area contributed by atoms with Crippen LogP contribution in [0.15, 0.2) is 40.2 Å². The molecule has 0 saturated carbocycles. The average Bonchev–Trinajstić information content (AvgIpc) is 2.81. The Labute approximate surface area is 122 Å². The first-order valence-corrected chi connectivity index (χ1v) is 7.79. The van der Waals surface area contributed by atoms with Crippen molar-refractivity contribution in [3.63, 3.8) is 0 Å². The van der Waals surface area contributed by atoms with Crippen LogP contribution in [-0.4, -0.2) is 7.11 Å². The Morgan fingerprint density at radius 1 is 1.35 bits per heavy atom. The summed E-state index contributed by atoms with van der Waals surface area (Å²) in [5.41, 5.74) is 1.18. The molecule has 0 aliphatic heterocycles. The summed E-state index contributed by atoms with van der Waals surface area (Å²) < 4.78 is 6.45. The van der Waals surface area contributed by atoms with Crippen molar-refractivity contribution in [3.8, 4) is 5.75 Å². The number of alkyl halides is 1. The fraction of sp³-hybridized carbons (Fsp3) is 0.231. The SMILES string of the molecule is COc1cc(Br)ccc1C(Br)Cc1cccs1. The van der Waals surface area contributed by atoms with Crippen molar-refractivity contribution in [2.45, 2.75) is 11.2 Å². The van der Waals surface area contributed by atoms with E-state index in [1.54, 1.807) is 18.4 Å². The zero-order valence-corrected chi connectivity index (χ0v) is 13.3. The van der Waals surface area contributed by atoms with Crippen LogP contribution in [0.3, 0.4) is 0 Å². The Balaban J connectivity index is 2.21. The second-order valence-electron chi connectivity index (χ2n) is 3.64. The van der Waals surface area contributed by atoms with Crippen molar-refractivity contribution < 1.29 is 4.74 Å². The van der Waals surface area contributed by atoms with E-state index in [9.17, 15) is 0 Å². The molecule has 0 fully saturated rings. The minimum absolute atomic E-state index is 0.282. The Hall–Kier alpha value is -0.320. The standard InChI is InChI=1S/C13H12Br2OS/c1-16-13-7-9(14)4-5-11(13)12(15)8-10-3-2-6-17-10/h2-7,12H,8H2,1H3. The summed E-state index contributed by atoms with van der Waals surface area (Å²) in [5, 5.41) is 2.11. The van der Waals surface area contributed by atoms with Gasteiger partial charge in [-0.2, -0.15) is 0 Å². The lowest BCUT2D eigenvalue weighted by Crippen LogP contribution is -1.97. The summed E-state index contributed by atoms with van der Waals surface area (Å²) in [6.45, 7) is 0. The van der Waals surface area contributed by atoms with Gasteiger partial charge < -0.3 is 4.74 Å². The maximum Gasteiger partial charge on any atom is 0.124 e. The van der Waals surface area contributed by atoms with E-state index in [-0.39, 0.29) is 4.83 Å². The van der Waals surface area contributed by atoms with Crippen molar-refractivity contribution in [2.75, 3.05) is 7.11 Å². The van der Waals surface area contributed by atoms with E-state index in [4.69, 9.17) is 4.74 Å². The molecular formula is C13H12Br2OS. The highest BCUT2D eigenvalue weighted by atomic mass is 79.9. The summed E-state index contributed by atoms with van der Waals surface area (Å²) in [5.74, 6) is 0.915. The number of halogens is 2. The molecular weight excluding hydrogens is 364 g/mol. The predicted octanol–water partition coefficient (Wildman–Crippen LogP) is 5.20. The van der Waals surface area contributed by atoms with Gasteiger partial charge >= 0.3 is 0 Å². The van der Waals surface area contributed by atoms with Gasteiger partial charge in [-0.25, -0.2) is 0 Å². The van der Waals surface area contributed by atoms with E-state index in [0.29, 0.717) is 0 Å². The van der Waals surface area contributed by atoms with Crippen LogP contribution in [0.1, 0.15) is 15.3 Å². The Morgan fingerprint density at radius 3 is 2.82 bits per heavy atom. The lowest BCUT2D eigenvalue weighted by molar-refractivity contribution is 0.409. The Kier molecular flexibility index (Phi) is 4.65. The third-order valence-corrected chi connectivity index (χ3v) is 4.70. The first kappa shape index (κ1) is 13.1. The molecule has 0 bridgehead atoms. The van der Waals surface area contributed by atoms with Gasteiger partial charge in [-0.1, -0.05) is 44.0 Å². The minimum atomic E-state index is 0.282. The van der Waals surface area contributed by atoms with Crippen molar-refractivity contribution in [3.05, 3.63) is 50.6 Å². The largest absolute Gasteiger partial charge is 0.496 e. The topological polar surface area (TPSA) is 9.23 Å². The monoisotopic (exact) mass is 374 g/mol. The van der Waals surface area contributed by atoms with Gasteiger partial charge in [-0.05, 0) is 30.0 Å². The van der Waals surface area contributed by atoms with Gasteiger partial charge in [0.1, 0.15) is 5.75 Å². The van der Waals surface area contributed by atoms with Gasteiger partial charge in [-0.15, -0.1) is 11.3 Å². The van der Waals surface area contributed by atoms with E-state index in [1.165, 1.54) is 10.4 Å². The predicted molar refractivity (Wildman–Crippen MR) is 80.4 cm³/mol. The van der Waals surface area contributed by atoms with Gasteiger partial charge in [0.2, 0.25) is 0 Å². The van der Waals surface area contributed by atoms with Crippen LogP contribution in [0.25, 0.3) is 0 Å². The van der Waals surface area contributed by atoms with Gasteiger partial charge in [-0.3, -0.25) is 0 Å². The number of ether oxygens (including phenoxy) is 1. The van der Waals surface area contributed by atoms with Crippen LogP contribution in [0.4, 0.5) is 0 Å². The number of benzene rings is 1. The van der Waals surface area contributed by atoms with E-state index in [1.807, 2.05) is 12.1 Å². The van der Waals surface area contributed by atoms with Crippen molar-refractivity contribution in [2.24, 2.45) is 0 Å². The highest BCUT2D eigenvalue weighted by molar-refractivity contribution is 9.10. The van der Waals surface area contributed by atoms with Gasteiger partial charge in [0.25, 0.3) is 0 Å². The highest BCUT2D eigenvalue weighted by Crippen LogP contribution is 2.36.